The molecule has 0 spiro atoms. The van der Waals surface area contributed by atoms with Crippen molar-refractivity contribution in [3.63, 3.8) is 0 Å². The molecule has 0 heterocycles. The minimum atomic E-state index is 0.0655. The van der Waals surface area contributed by atoms with Gasteiger partial charge >= 0.3 is 78.4 Å². The van der Waals surface area contributed by atoms with Crippen molar-refractivity contribution in [2.75, 3.05) is 0 Å². The molecule has 0 atom stereocenters. The van der Waals surface area contributed by atoms with Crippen molar-refractivity contribution in [3.05, 3.63) is 42.5 Å². The average Bonchev–Trinajstić information content (AvgIpc) is 2.07. The van der Waals surface area contributed by atoms with Crippen LogP contribution in [-0.2, 0) is 0 Å². The molecule has 0 aliphatic rings. The first-order valence-corrected chi connectivity index (χ1v) is 6.54. The van der Waals surface area contributed by atoms with Gasteiger partial charge in [0.25, 0.3) is 0 Å². The van der Waals surface area contributed by atoms with Crippen LogP contribution in [0.3, 0.4) is 0 Å². The molecule has 0 amide bonds. The van der Waals surface area contributed by atoms with E-state index in [1.807, 2.05) is 0 Å². The number of hydrogen-bond donors (Lipinski definition) is 0. The number of benzene rings is 1. The molecule has 0 saturated heterocycles. The summed E-state index contributed by atoms with van der Waals surface area (Å²) in [5.74, 6) is 0. The number of hydrogen-bond acceptors (Lipinski definition) is 0. The molecule has 0 radical (unpaired) electrons. The van der Waals surface area contributed by atoms with Crippen LogP contribution < -0.4 is 3.61 Å². The van der Waals surface area contributed by atoms with Gasteiger partial charge in [0.1, 0.15) is 0 Å². The molecular weight excluding hydrogens is 248 g/mol. The summed E-state index contributed by atoms with van der Waals surface area (Å²) in [6, 6.07) is 10.8. The molecule has 1 rings (SSSR count). The van der Waals surface area contributed by atoms with Gasteiger partial charge in [-0.3, -0.25) is 0 Å². The van der Waals surface area contributed by atoms with E-state index in [2.05, 4.69) is 49.4 Å². The second-order valence-electron chi connectivity index (χ2n) is 2.19. The quantitative estimate of drug-likeness (QED) is 0.576. The van der Waals surface area contributed by atoms with Gasteiger partial charge in [-0.15, -0.1) is 0 Å². The molecule has 0 nitrogen and oxygen atoms in total. The zero-order valence-electron chi connectivity index (χ0n) is 6.66. The molecule has 0 aromatic heterocycles. The van der Waals surface area contributed by atoms with E-state index in [1.165, 1.54) is 4.47 Å². The number of rotatable bonds is 3. The summed E-state index contributed by atoms with van der Waals surface area (Å²) in [7, 11) is 0. The fraction of sp³-hybridized carbons (Fsp3) is 0.200. The Labute approximate surface area is 78.4 Å². The standard InChI is InChI=1S/C10H12Te/c1-2-3-9-11-10-7-5-4-6-8-10/h2-8H,9H2,1H3. The van der Waals surface area contributed by atoms with Crippen molar-refractivity contribution in [1.29, 1.82) is 0 Å². The van der Waals surface area contributed by atoms with Gasteiger partial charge in [0.2, 0.25) is 0 Å². The minimum absolute atomic E-state index is 0.0655. The van der Waals surface area contributed by atoms with Gasteiger partial charge in [-0.25, -0.2) is 0 Å². The predicted molar refractivity (Wildman–Crippen MR) is 51.5 cm³/mol. The normalized spacial score (nSPS) is 10.6. The summed E-state index contributed by atoms with van der Waals surface area (Å²) in [4.78, 5) is 0. The Morgan fingerprint density at radius 3 is 2.64 bits per heavy atom. The van der Waals surface area contributed by atoms with E-state index in [9.17, 15) is 0 Å². The first-order chi connectivity index (χ1) is 5.43. The second kappa shape index (κ2) is 5.41. The van der Waals surface area contributed by atoms with Crippen LogP contribution in [0.4, 0.5) is 0 Å². The van der Waals surface area contributed by atoms with Gasteiger partial charge in [-0.05, 0) is 0 Å². The van der Waals surface area contributed by atoms with Crippen molar-refractivity contribution >= 4 is 24.5 Å². The molecule has 0 aliphatic heterocycles. The monoisotopic (exact) mass is 262 g/mol. The van der Waals surface area contributed by atoms with Crippen LogP contribution in [0.2, 0.25) is 4.47 Å². The fourth-order valence-electron chi connectivity index (χ4n) is 0.757. The van der Waals surface area contributed by atoms with Crippen molar-refractivity contribution in [3.8, 4) is 0 Å². The van der Waals surface area contributed by atoms with E-state index >= 15 is 0 Å². The number of allylic oxidation sites excluding steroid dienone is 2. The summed E-state index contributed by atoms with van der Waals surface area (Å²) in [6.45, 7) is 2.08. The van der Waals surface area contributed by atoms with Crippen LogP contribution in [0.1, 0.15) is 6.92 Å². The molecule has 1 aromatic rings. The molecule has 0 aliphatic carbocycles. The molecule has 0 saturated carbocycles. The summed E-state index contributed by atoms with van der Waals surface area (Å²) >= 11 is 0.0655. The van der Waals surface area contributed by atoms with Crippen molar-refractivity contribution in [1.82, 2.24) is 0 Å². The predicted octanol–water partition coefficient (Wildman–Crippen LogP) is 2.01. The molecule has 0 unspecified atom stereocenters. The average molecular weight is 260 g/mol. The third-order valence-corrected chi connectivity index (χ3v) is 4.08. The first-order valence-electron chi connectivity index (χ1n) is 3.72. The van der Waals surface area contributed by atoms with Crippen molar-refractivity contribution < 1.29 is 0 Å². The van der Waals surface area contributed by atoms with Crippen molar-refractivity contribution in [2.24, 2.45) is 0 Å². The van der Waals surface area contributed by atoms with Crippen LogP contribution in [0.5, 0.6) is 0 Å². The molecule has 1 aromatic carbocycles. The fourth-order valence-corrected chi connectivity index (χ4v) is 3.13. The Morgan fingerprint density at radius 2 is 2.00 bits per heavy atom. The van der Waals surface area contributed by atoms with E-state index in [0.717, 1.165) is 0 Å². The summed E-state index contributed by atoms with van der Waals surface area (Å²) in [6.07, 6.45) is 4.39. The Hall–Kier alpha value is -0.250. The van der Waals surface area contributed by atoms with E-state index in [4.69, 9.17) is 0 Å². The zero-order chi connectivity index (χ0) is 7.94. The SMILES string of the molecule is CC=CC[Te]c1ccccc1. The van der Waals surface area contributed by atoms with E-state index in [0.29, 0.717) is 0 Å². The topological polar surface area (TPSA) is 0 Å². The van der Waals surface area contributed by atoms with Gasteiger partial charge in [-0.2, -0.15) is 0 Å². The Balaban J connectivity index is 2.39. The van der Waals surface area contributed by atoms with Gasteiger partial charge in [0.05, 0.1) is 0 Å². The van der Waals surface area contributed by atoms with Crippen molar-refractivity contribution in [2.45, 2.75) is 11.4 Å². The summed E-state index contributed by atoms with van der Waals surface area (Å²) < 4.78 is 2.84. The first kappa shape index (κ1) is 8.84. The molecule has 58 valence electrons. The zero-order valence-corrected chi connectivity index (χ0v) is 8.99. The summed E-state index contributed by atoms with van der Waals surface area (Å²) in [5.41, 5.74) is 0. The molecule has 0 fully saturated rings. The molecule has 0 N–H and O–H groups in total. The van der Waals surface area contributed by atoms with Crippen LogP contribution in [0.15, 0.2) is 42.5 Å². The maximum absolute atomic E-state index is 2.26. The van der Waals surface area contributed by atoms with Gasteiger partial charge in [0.15, 0.2) is 0 Å². The summed E-state index contributed by atoms with van der Waals surface area (Å²) in [5, 5.41) is 0. The molecule has 0 bridgehead atoms. The van der Waals surface area contributed by atoms with E-state index < -0.39 is 0 Å². The van der Waals surface area contributed by atoms with E-state index in [1.54, 1.807) is 3.61 Å². The second-order valence-corrected chi connectivity index (χ2v) is 5.31. The van der Waals surface area contributed by atoms with Gasteiger partial charge in [0, 0.05) is 0 Å². The van der Waals surface area contributed by atoms with Crippen LogP contribution in [0.25, 0.3) is 0 Å². The molecule has 1 heteroatoms. The Morgan fingerprint density at radius 1 is 1.27 bits per heavy atom. The Bertz CT molecular complexity index is 214. The van der Waals surface area contributed by atoms with Gasteiger partial charge in [-0.1, -0.05) is 0 Å². The van der Waals surface area contributed by atoms with E-state index in [-0.39, 0.29) is 20.9 Å². The van der Waals surface area contributed by atoms with Crippen LogP contribution in [-0.4, -0.2) is 20.9 Å². The van der Waals surface area contributed by atoms with Crippen LogP contribution >= 0.6 is 0 Å². The third-order valence-electron chi connectivity index (χ3n) is 1.33. The Kier molecular flexibility index (Phi) is 4.35. The maximum atomic E-state index is 2.26. The van der Waals surface area contributed by atoms with Gasteiger partial charge < -0.3 is 0 Å². The molecular formula is C10H12Te. The molecule has 11 heavy (non-hydrogen) atoms. The third kappa shape index (κ3) is 3.60. The van der Waals surface area contributed by atoms with Crippen LogP contribution in [0, 0.1) is 0 Å².